The molecule has 0 bridgehead atoms. The molecule has 4 atom stereocenters. The molecular weight excluding hydrogens is 256 g/mol. The van der Waals surface area contributed by atoms with Crippen LogP contribution in [-0.4, -0.2) is 58.0 Å². The average molecular weight is 282 g/mol. The normalized spacial score (nSPS) is 32.5. The number of carboxylic acid groups (broad SMARTS) is 1. The van der Waals surface area contributed by atoms with Crippen LogP contribution in [0.2, 0.25) is 0 Å². The molecule has 0 aromatic carbocycles. The van der Waals surface area contributed by atoms with Gasteiger partial charge in [-0.25, -0.2) is 0 Å². The van der Waals surface area contributed by atoms with Crippen LogP contribution in [0.4, 0.5) is 0 Å². The summed E-state index contributed by atoms with van der Waals surface area (Å²) in [6.45, 7) is 7.67. The summed E-state index contributed by atoms with van der Waals surface area (Å²) in [6, 6.07) is 0.828. The smallest absolute Gasteiger partial charge is 0.303 e. The Bertz CT molecular complexity index is 375. The van der Waals surface area contributed by atoms with E-state index < -0.39 is 5.97 Å². The maximum absolute atomic E-state index is 12.6. The van der Waals surface area contributed by atoms with E-state index in [9.17, 15) is 9.59 Å². The van der Waals surface area contributed by atoms with Crippen molar-refractivity contribution in [3.63, 3.8) is 0 Å². The van der Waals surface area contributed by atoms with Gasteiger partial charge in [-0.05, 0) is 46.0 Å². The lowest BCUT2D eigenvalue weighted by atomic mass is 10.1. The van der Waals surface area contributed by atoms with Crippen molar-refractivity contribution in [1.82, 2.24) is 9.80 Å². The molecule has 5 heteroatoms. The fraction of sp³-hybridized carbons (Fsp3) is 0.867. The molecule has 0 aromatic rings. The van der Waals surface area contributed by atoms with Crippen LogP contribution < -0.4 is 0 Å². The topological polar surface area (TPSA) is 60.9 Å². The lowest BCUT2D eigenvalue weighted by Gasteiger charge is -2.34. The van der Waals surface area contributed by atoms with Crippen LogP contribution in [0.25, 0.3) is 0 Å². The molecule has 1 N–H and O–H groups in total. The zero-order chi connectivity index (χ0) is 14.9. The van der Waals surface area contributed by atoms with E-state index in [-0.39, 0.29) is 24.3 Å². The molecule has 2 fully saturated rings. The first-order valence-electron chi connectivity index (χ1n) is 7.68. The van der Waals surface area contributed by atoms with Gasteiger partial charge in [0.15, 0.2) is 0 Å². The van der Waals surface area contributed by atoms with Gasteiger partial charge in [-0.3, -0.25) is 14.5 Å². The van der Waals surface area contributed by atoms with Crippen molar-refractivity contribution in [3.05, 3.63) is 0 Å². The third kappa shape index (κ3) is 3.14. The van der Waals surface area contributed by atoms with Crippen LogP contribution >= 0.6 is 0 Å². The Morgan fingerprint density at radius 2 is 1.80 bits per heavy atom. The van der Waals surface area contributed by atoms with Crippen LogP contribution in [-0.2, 0) is 9.59 Å². The Morgan fingerprint density at radius 3 is 2.35 bits per heavy atom. The highest BCUT2D eigenvalue weighted by molar-refractivity contribution is 5.82. The van der Waals surface area contributed by atoms with Crippen LogP contribution in [0, 0.1) is 5.92 Å². The third-order valence-corrected chi connectivity index (χ3v) is 4.89. The first-order chi connectivity index (χ1) is 9.40. The first kappa shape index (κ1) is 15.3. The fourth-order valence-corrected chi connectivity index (χ4v) is 3.82. The van der Waals surface area contributed by atoms with E-state index in [1.54, 1.807) is 0 Å². The van der Waals surface area contributed by atoms with Gasteiger partial charge < -0.3 is 10.0 Å². The maximum atomic E-state index is 12.6. The molecule has 4 unspecified atom stereocenters. The zero-order valence-electron chi connectivity index (χ0n) is 12.7. The van der Waals surface area contributed by atoms with E-state index in [4.69, 9.17) is 5.11 Å². The molecule has 2 aliphatic rings. The molecule has 0 aliphatic carbocycles. The molecule has 0 saturated carbocycles. The summed E-state index contributed by atoms with van der Waals surface area (Å²) in [5.74, 6) is -0.477. The van der Waals surface area contributed by atoms with Crippen molar-refractivity contribution in [2.24, 2.45) is 5.92 Å². The number of amides is 1. The Morgan fingerprint density at radius 1 is 1.20 bits per heavy atom. The van der Waals surface area contributed by atoms with Gasteiger partial charge in [-0.15, -0.1) is 0 Å². The largest absolute Gasteiger partial charge is 0.481 e. The number of hydrogen-bond acceptors (Lipinski definition) is 3. The summed E-state index contributed by atoms with van der Waals surface area (Å²) in [5, 5.41) is 8.84. The molecule has 20 heavy (non-hydrogen) atoms. The van der Waals surface area contributed by atoms with E-state index in [0.29, 0.717) is 25.2 Å². The van der Waals surface area contributed by atoms with Crippen LogP contribution in [0.15, 0.2) is 0 Å². The van der Waals surface area contributed by atoms with Gasteiger partial charge in [-0.2, -0.15) is 0 Å². The highest BCUT2D eigenvalue weighted by atomic mass is 16.4. The quantitative estimate of drug-likeness (QED) is 0.850. The molecule has 0 aromatic heterocycles. The maximum Gasteiger partial charge on any atom is 0.303 e. The number of carboxylic acids is 1. The molecule has 2 aliphatic heterocycles. The Balaban J connectivity index is 1.93. The molecule has 2 saturated heterocycles. The van der Waals surface area contributed by atoms with Crippen LogP contribution in [0.3, 0.4) is 0 Å². The van der Waals surface area contributed by atoms with Crippen LogP contribution in [0.1, 0.15) is 46.5 Å². The molecule has 1 amide bonds. The SMILES string of the molecule is CC1CCC(C)N1C(C)C(=O)N1CCC(CC(=O)O)C1. The fourth-order valence-electron chi connectivity index (χ4n) is 3.82. The Labute approximate surface area is 120 Å². The van der Waals surface area contributed by atoms with E-state index in [0.717, 1.165) is 19.3 Å². The number of carbonyl (C=O) groups is 2. The number of likely N-dealkylation sites (tertiary alicyclic amines) is 2. The first-order valence-corrected chi connectivity index (χ1v) is 7.68. The molecule has 0 spiro atoms. The second-order valence-electron chi connectivity index (χ2n) is 6.44. The predicted molar refractivity (Wildman–Crippen MR) is 76.4 cm³/mol. The highest BCUT2D eigenvalue weighted by Gasteiger charge is 2.38. The molecule has 5 nitrogen and oxygen atoms in total. The predicted octanol–water partition coefficient (Wildman–Crippen LogP) is 1.57. The highest BCUT2D eigenvalue weighted by Crippen LogP contribution is 2.28. The number of nitrogens with zero attached hydrogens (tertiary/aromatic N) is 2. The van der Waals surface area contributed by atoms with Crippen molar-refractivity contribution >= 4 is 11.9 Å². The third-order valence-electron chi connectivity index (χ3n) is 4.89. The van der Waals surface area contributed by atoms with E-state index in [1.165, 1.54) is 0 Å². The molecule has 2 rings (SSSR count). The Hall–Kier alpha value is -1.10. The minimum Gasteiger partial charge on any atom is -0.481 e. The van der Waals surface area contributed by atoms with Gasteiger partial charge in [0.2, 0.25) is 5.91 Å². The summed E-state index contributed by atoms with van der Waals surface area (Å²) in [7, 11) is 0. The second kappa shape index (κ2) is 6.12. The standard InChI is InChI=1S/C15H26N2O3/c1-10-4-5-11(2)17(10)12(3)15(20)16-7-6-13(9-16)8-14(18)19/h10-13H,4-9H2,1-3H3,(H,18,19). The summed E-state index contributed by atoms with van der Waals surface area (Å²) < 4.78 is 0. The number of carbonyl (C=O) groups excluding carboxylic acids is 1. The molecule has 2 heterocycles. The minimum absolute atomic E-state index is 0.0916. The van der Waals surface area contributed by atoms with Gasteiger partial charge in [-0.1, -0.05) is 0 Å². The van der Waals surface area contributed by atoms with Crippen molar-refractivity contribution < 1.29 is 14.7 Å². The van der Waals surface area contributed by atoms with Crippen molar-refractivity contribution in [3.8, 4) is 0 Å². The van der Waals surface area contributed by atoms with Gasteiger partial charge in [0, 0.05) is 31.6 Å². The van der Waals surface area contributed by atoms with Gasteiger partial charge >= 0.3 is 5.97 Å². The number of aliphatic carboxylic acids is 1. The van der Waals surface area contributed by atoms with Crippen molar-refractivity contribution in [2.75, 3.05) is 13.1 Å². The number of hydrogen-bond donors (Lipinski definition) is 1. The van der Waals surface area contributed by atoms with E-state index >= 15 is 0 Å². The monoisotopic (exact) mass is 282 g/mol. The second-order valence-corrected chi connectivity index (χ2v) is 6.44. The van der Waals surface area contributed by atoms with Crippen molar-refractivity contribution in [2.45, 2.75) is 64.6 Å². The summed E-state index contributed by atoms with van der Waals surface area (Å²) >= 11 is 0. The summed E-state index contributed by atoms with van der Waals surface area (Å²) in [6.07, 6.45) is 3.30. The molecule has 0 radical (unpaired) electrons. The summed E-state index contributed by atoms with van der Waals surface area (Å²) in [5.41, 5.74) is 0. The summed E-state index contributed by atoms with van der Waals surface area (Å²) in [4.78, 5) is 27.5. The van der Waals surface area contributed by atoms with Crippen molar-refractivity contribution in [1.29, 1.82) is 0 Å². The Kier molecular flexibility index (Phi) is 4.68. The lowest BCUT2D eigenvalue weighted by Crippen LogP contribution is -2.50. The van der Waals surface area contributed by atoms with Gasteiger partial charge in [0.25, 0.3) is 0 Å². The number of rotatable bonds is 4. The molecular formula is C15H26N2O3. The lowest BCUT2D eigenvalue weighted by molar-refractivity contribution is -0.139. The van der Waals surface area contributed by atoms with Gasteiger partial charge in [0.1, 0.15) is 0 Å². The van der Waals surface area contributed by atoms with E-state index in [1.807, 2.05) is 11.8 Å². The average Bonchev–Trinajstić information content (AvgIpc) is 2.95. The van der Waals surface area contributed by atoms with Crippen LogP contribution in [0.5, 0.6) is 0 Å². The van der Waals surface area contributed by atoms with E-state index in [2.05, 4.69) is 18.7 Å². The molecule has 114 valence electrons. The van der Waals surface area contributed by atoms with Gasteiger partial charge in [0.05, 0.1) is 6.04 Å². The zero-order valence-corrected chi connectivity index (χ0v) is 12.7. The minimum atomic E-state index is -0.765.